The lowest BCUT2D eigenvalue weighted by Gasteiger charge is -2.12. The SMILES string of the molecule is CCOc1ccc(CCNC(=O)N/C=C/c2ccccc2Br)cc1OCC. The van der Waals surface area contributed by atoms with Gasteiger partial charge in [-0.2, -0.15) is 0 Å². The Bertz CT molecular complexity index is 778. The quantitative estimate of drug-likeness (QED) is 0.600. The molecule has 6 heteroatoms. The molecule has 0 bridgehead atoms. The Morgan fingerprint density at radius 2 is 1.81 bits per heavy atom. The second-order valence-electron chi connectivity index (χ2n) is 5.65. The predicted octanol–water partition coefficient (Wildman–Crippen LogP) is 4.76. The van der Waals surface area contributed by atoms with Crippen LogP contribution in [-0.4, -0.2) is 25.8 Å². The Morgan fingerprint density at radius 1 is 1.07 bits per heavy atom. The molecule has 0 aromatic heterocycles. The number of rotatable bonds is 9. The number of benzene rings is 2. The number of carbonyl (C=O) groups excluding carboxylic acids is 1. The molecule has 144 valence electrons. The van der Waals surface area contributed by atoms with Gasteiger partial charge in [-0.05, 0) is 55.7 Å². The predicted molar refractivity (Wildman–Crippen MR) is 112 cm³/mol. The van der Waals surface area contributed by atoms with Gasteiger partial charge < -0.3 is 20.1 Å². The first-order valence-electron chi connectivity index (χ1n) is 8.98. The van der Waals surface area contributed by atoms with Crippen molar-refractivity contribution in [2.24, 2.45) is 0 Å². The maximum Gasteiger partial charge on any atom is 0.318 e. The summed E-state index contributed by atoms with van der Waals surface area (Å²) in [5, 5.41) is 5.54. The van der Waals surface area contributed by atoms with E-state index < -0.39 is 0 Å². The van der Waals surface area contributed by atoms with E-state index in [-0.39, 0.29) is 6.03 Å². The first-order valence-corrected chi connectivity index (χ1v) is 9.77. The minimum atomic E-state index is -0.241. The lowest BCUT2D eigenvalue weighted by atomic mass is 10.1. The Morgan fingerprint density at radius 3 is 2.56 bits per heavy atom. The smallest absolute Gasteiger partial charge is 0.318 e. The third-order valence-electron chi connectivity index (χ3n) is 3.69. The number of ether oxygens (including phenoxy) is 2. The van der Waals surface area contributed by atoms with Gasteiger partial charge in [0.2, 0.25) is 0 Å². The summed E-state index contributed by atoms with van der Waals surface area (Å²) in [7, 11) is 0. The van der Waals surface area contributed by atoms with Crippen LogP contribution in [0, 0.1) is 0 Å². The highest BCUT2D eigenvalue weighted by Gasteiger charge is 2.06. The molecule has 0 unspecified atom stereocenters. The van der Waals surface area contributed by atoms with E-state index in [9.17, 15) is 4.79 Å². The molecular formula is C21H25BrN2O3. The second kappa shape index (κ2) is 11.3. The van der Waals surface area contributed by atoms with E-state index in [1.165, 1.54) is 0 Å². The molecule has 0 atom stereocenters. The third kappa shape index (κ3) is 6.98. The first kappa shape index (κ1) is 20.8. The Labute approximate surface area is 168 Å². The minimum Gasteiger partial charge on any atom is -0.490 e. The van der Waals surface area contributed by atoms with Gasteiger partial charge in [0.25, 0.3) is 0 Å². The summed E-state index contributed by atoms with van der Waals surface area (Å²) < 4.78 is 12.2. The highest BCUT2D eigenvalue weighted by atomic mass is 79.9. The molecule has 0 aliphatic carbocycles. The van der Waals surface area contributed by atoms with Gasteiger partial charge in [0, 0.05) is 17.2 Å². The van der Waals surface area contributed by atoms with Crippen LogP contribution < -0.4 is 20.1 Å². The van der Waals surface area contributed by atoms with Crippen molar-refractivity contribution >= 4 is 28.0 Å². The highest BCUT2D eigenvalue weighted by Crippen LogP contribution is 2.28. The molecule has 0 aliphatic heterocycles. The molecular weight excluding hydrogens is 408 g/mol. The molecule has 5 nitrogen and oxygen atoms in total. The molecule has 0 radical (unpaired) electrons. The molecule has 0 aliphatic rings. The van der Waals surface area contributed by atoms with Gasteiger partial charge in [-0.25, -0.2) is 4.79 Å². The number of amides is 2. The van der Waals surface area contributed by atoms with Gasteiger partial charge in [0.05, 0.1) is 13.2 Å². The summed E-state index contributed by atoms with van der Waals surface area (Å²) in [4.78, 5) is 11.9. The van der Waals surface area contributed by atoms with E-state index in [0.717, 1.165) is 27.1 Å². The largest absolute Gasteiger partial charge is 0.490 e. The van der Waals surface area contributed by atoms with Gasteiger partial charge in [-0.3, -0.25) is 0 Å². The Hall–Kier alpha value is -2.47. The number of hydrogen-bond donors (Lipinski definition) is 2. The van der Waals surface area contributed by atoms with Crippen molar-refractivity contribution in [2.75, 3.05) is 19.8 Å². The number of nitrogens with one attached hydrogen (secondary N) is 2. The van der Waals surface area contributed by atoms with Crippen LogP contribution >= 0.6 is 15.9 Å². The number of carbonyl (C=O) groups is 1. The minimum absolute atomic E-state index is 0.241. The summed E-state index contributed by atoms with van der Waals surface area (Å²) in [6.45, 7) is 5.57. The summed E-state index contributed by atoms with van der Waals surface area (Å²) in [5.41, 5.74) is 2.07. The zero-order valence-corrected chi connectivity index (χ0v) is 17.2. The van der Waals surface area contributed by atoms with Gasteiger partial charge in [-0.15, -0.1) is 0 Å². The molecule has 0 saturated carbocycles. The summed E-state index contributed by atoms with van der Waals surface area (Å²) in [5.74, 6) is 1.48. The lowest BCUT2D eigenvalue weighted by molar-refractivity contribution is 0.244. The van der Waals surface area contributed by atoms with Crippen molar-refractivity contribution < 1.29 is 14.3 Å². The van der Waals surface area contributed by atoms with E-state index in [0.29, 0.717) is 26.2 Å². The zero-order valence-electron chi connectivity index (χ0n) is 15.6. The fourth-order valence-corrected chi connectivity index (χ4v) is 2.86. The zero-order chi connectivity index (χ0) is 19.5. The maximum absolute atomic E-state index is 11.9. The van der Waals surface area contributed by atoms with E-state index in [4.69, 9.17) is 9.47 Å². The van der Waals surface area contributed by atoms with Gasteiger partial charge in [0.15, 0.2) is 11.5 Å². The average Bonchev–Trinajstić information content (AvgIpc) is 2.66. The molecule has 2 aromatic carbocycles. The van der Waals surface area contributed by atoms with Crippen LogP contribution in [0.25, 0.3) is 6.08 Å². The molecule has 0 spiro atoms. The first-order chi connectivity index (χ1) is 13.1. The number of hydrogen-bond acceptors (Lipinski definition) is 3. The topological polar surface area (TPSA) is 59.6 Å². The Balaban J connectivity index is 1.80. The fourth-order valence-electron chi connectivity index (χ4n) is 2.44. The van der Waals surface area contributed by atoms with E-state index >= 15 is 0 Å². The molecule has 2 aromatic rings. The summed E-state index contributed by atoms with van der Waals surface area (Å²) in [6.07, 6.45) is 4.16. The molecule has 2 rings (SSSR count). The number of halogens is 1. The average molecular weight is 433 g/mol. The molecule has 27 heavy (non-hydrogen) atoms. The van der Waals surface area contributed by atoms with Crippen LogP contribution in [0.3, 0.4) is 0 Å². The van der Waals surface area contributed by atoms with Crippen LogP contribution in [0.2, 0.25) is 0 Å². The van der Waals surface area contributed by atoms with E-state index in [2.05, 4.69) is 26.6 Å². The highest BCUT2D eigenvalue weighted by molar-refractivity contribution is 9.10. The standard InChI is InChI=1S/C21H25BrN2O3/c1-3-26-19-10-9-16(15-20(19)27-4-2)11-13-23-21(25)24-14-12-17-7-5-6-8-18(17)22/h5-10,12,14-15H,3-4,11,13H2,1-2H3,(H2,23,24,25)/b14-12+. The number of urea groups is 1. The van der Waals surface area contributed by atoms with Crippen LogP contribution in [-0.2, 0) is 6.42 Å². The van der Waals surface area contributed by atoms with Crippen molar-refractivity contribution in [3.63, 3.8) is 0 Å². The Kier molecular flexibility index (Phi) is 8.71. The van der Waals surface area contributed by atoms with Gasteiger partial charge in [0.1, 0.15) is 0 Å². The van der Waals surface area contributed by atoms with Crippen molar-refractivity contribution in [2.45, 2.75) is 20.3 Å². The molecule has 0 fully saturated rings. The summed E-state index contributed by atoms with van der Waals surface area (Å²) in [6, 6.07) is 13.4. The fraction of sp³-hybridized carbons (Fsp3) is 0.286. The molecule has 0 heterocycles. The van der Waals surface area contributed by atoms with E-state index in [1.54, 1.807) is 6.20 Å². The van der Waals surface area contributed by atoms with Gasteiger partial charge >= 0.3 is 6.03 Å². The van der Waals surface area contributed by atoms with Crippen LogP contribution in [0.1, 0.15) is 25.0 Å². The van der Waals surface area contributed by atoms with Gasteiger partial charge in [-0.1, -0.05) is 40.2 Å². The second-order valence-corrected chi connectivity index (χ2v) is 6.51. The molecule has 2 amide bonds. The van der Waals surface area contributed by atoms with Crippen LogP contribution in [0.4, 0.5) is 4.79 Å². The molecule has 2 N–H and O–H groups in total. The van der Waals surface area contributed by atoms with Crippen molar-refractivity contribution in [3.8, 4) is 11.5 Å². The van der Waals surface area contributed by atoms with Crippen molar-refractivity contribution in [3.05, 3.63) is 64.3 Å². The van der Waals surface area contributed by atoms with Crippen LogP contribution in [0.5, 0.6) is 11.5 Å². The van der Waals surface area contributed by atoms with Crippen LogP contribution in [0.15, 0.2) is 53.1 Å². The monoisotopic (exact) mass is 432 g/mol. The van der Waals surface area contributed by atoms with Crippen molar-refractivity contribution in [1.29, 1.82) is 0 Å². The lowest BCUT2D eigenvalue weighted by Crippen LogP contribution is -2.33. The maximum atomic E-state index is 11.9. The third-order valence-corrected chi connectivity index (χ3v) is 4.41. The van der Waals surface area contributed by atoms with E-state index in [1.807, 2.05) is 62.4 Å². The van der Waals surface area contributed by atoms with Crippen molar-refractivity contribution in [1.82, 2.24) is 10.6 Å². The normalized spacial score (nSPS) is 10.6. The molecule has 0 saturated heterocycles. The summed E-state index contributed by atoms with van der Waals surface area (Å²) >= 11 is 3.46.